The molecule has 0 bridgehead atoms. The topological polar surface area (TPSA) is 160 Å². The molecule has 0 aliphatic rings. The van der Waals surface area contributed by atoms with Gasteiger partial charge in [-0.2, -0.15) is 26.3 Å². The summed E-state index contributed by atoms with van der Waals surface area (Å²) in [5.74, 6) is -5.63. The third-order valence-corrected chi connectivity index (χ3v) is 4.46. The molecule has 208 valence electrons. The Bertz CT molecular complexity index is 1280. The maximum absolute atomic E-state index is 13.9. The summed E-state index contributed by atoms with van der Waals surface area (Å²) in [7, 11) is 0. The second-order valence-electron chi connectivity index (χ2n) is 7.29. The van der Waals surface area contributed by atoms with Crippen molar-refractivity contribution in [3.63, 3.8) is 0 Å². The van der Waals surface area contributed by atoms with Gasteiger partial charge in [0.25, 0.3) is 0 Å². The molecule has 0 saturated heterocycles. The first kappa shape index (κ1) is 30.0. The average Bonchev–Trinajstić information content (AvgIpc) is 3.12. The monoisotopic (exact) mass is 558 g/mol. The summed E-state index contributed by atoms with van der Waals surface area (Å²) in [6.45, 7) is 2.31. The molecule has 38 heavy (non-hydrogen) atoms. The minimum Gasteiger partial charge on any atom is -0.542 e. The first-order valence-corrected chi connectivity index (χ1v) is 10.2. The van der Waals surface area contributed by atoms with Gasteiger partial charge in [0.1, 0.15) is 17.5 Å². The van der Waals surface area contributed by atoms with Crippen LogP contribution in [0.3, 0.4) is 0 Å². The highest BCUT2D eigenvalue weighted by Gasteiger charge is 2.45. The molecule has 1 atom stereocenters. The van der Waals surface area contributed by atoms with Crippen LogP contribution in [0.25, 0.3) is 11.0 Å². The molecule has 0 unspecified atom stereocenters. The van der Waals surface area contributed by atoms with Gasteiger partial charge in [-0.3, -0.25) is 0 Å². The number of halogens is 8. The zero-order valence-corrected chi connectivity index (χ0v) is 19.1. The van der Waals surface area contributed by atoms with Crippen LogP contribution in [0.5, 0.6) is 0 Å². The number of rotatable bonds is 6. The molecule has 10 nitrogen and oxygen atoms in total. The number of aliphatic carboxylic acids is 1. The van der Waals surface area contributed by atoms with Crippen LogP contribution in [-0.4, -0.2) is 47.4 Å². The van der Waals surface area contributed by atoms with Crippen LogP contribution >= 0.6 is 0 Å². The van der Waals surface area contributed by atoms with Gasteiger partial charge in [-0.1, -0.05) is 0 Å². The highest BCUT2D eigenvalue weighted by molar-refractivity contribution is 5.89. The first-order chi connectivity index (χ1) is 17.5. The van der Waals surface area contributed by atoms with E-state index in [0.29, 0.717) is 19.2 Å². The highest BCUT2D eigenvalue weighted by Crippen LogP contribution is 2.39. The lowest BCUT2D eigenvalue weighted by Crippen LogP contribution is -2.53. The fraction of sp³-hybridized carbons (Fsp3) is 0.300. The molecule has 2 heterocycles. The SMILES string of the molecule is Cc1c([C@@H](NC(=O)Nc2cnc(NCC[NH3+])nc2)C(F)(F)F)oc2c(F)cc(F)cc12.O=C([O-])C(F)(F)F. The second kappa shape index (κ2) is 11.9. The van der Waals surface area contributed by atoms with Crippen molar-refractivity contribution in [1.29, 1.82) is 0 Å². The molecule has 1 aromatic carbocycles. The summed E-state index contributed by atoms with van der Waals surface area (Å²) in [4.78, 5) is 28.8. The lowest BCUT2D eigenvalue weighted by molar-refractivity contribution is -0.362. The molecular weight excluding hydrogens is 540 g/mol. The Morgan fingerprint density at radius 3 is 2.18 bits per heavy atom. The maximum Gasteiger partial charge on any atom is 0.430 e. The van der Waals surface area contributed by atoms with Gasteiger partial charge in [0.2, 0.25) is 5.95 Å². The summed E-state index contributed by atoms with van der Waals surface area (Å²) >= 11 is 0. The van der Waals surface area contributed by atoms with E-state index in [-0.39, 0.29) is 22.6 Å². The number of carbonyl (C=O) groups is 2. The van der Waals surface area contributed by atoms with E-state index in [9.17, 15) is 39.9 Å². The first-order valence-electron chi connectivity index (χ1n) is 10.2. The largest absolute Gasteiger partial charge is 0.542 e. The normalized spacial score (nSPS) is 12.4. The zero-order valence-electron chi connectivity index (χ0n) is 19.1. The number of carboxylic acid groups (broad SMARTS) is 1. The number of alkyl halides is 6. The second-order valence-corrected chi connectivity index (χ2v) is 7.29. The molecule has 3 rings (SSSR count). The summed E-state index contributed by atoms with van der Waals surface area (Å²) in [5.41, 5.74) is 2.98. The summed E-state index contributed by atoms with van der Waals surface area (Å²) < 4.78 is 105. The molecule has 0 aliphatic carbocycles. The number of carboxylic acids is 1. The summed E-state index contributed by atoms with van der Waals surface area (Å²) in [6, 6.07) is -2.49. The Morgan fingerprint density at radius 2 is 1.68 bits per heavy atom. The number of amides is 2. The van der Waals surface area contributed by atoms with Crippen molar-refractivity contribution in [3.8, 4) is 0 Å². The molecule has 3 aromatic rings. The van der Waals surface area contributed by atoms with Crippen molar-refractivity contribution in [2.45, 2.75) is 25.3 Å². The number of hydrogen-bond donors (Lipinski definition) is 4. The predicted octanol–water partition coefficient (Wildman–Crippen LogP) is 2.19. The van der Waals surface area contributed by atoms with Gasteiger partial charge < -0.3 is 36.0 Å². The Hall–Kier alpha value is -4.22. The van der Waals surface area contributed by atoms with E-state index in [0.717, 1.165) is 6.07 Å². The number of fused-ring (bicyclic) bond motifs is 1. The summed E-state index contributed by atoms with van der Waals surface area (Å²) in [5, 5.41) is 15.4. The van der Waals surface area contributed by atoms with Crippen LogP contribution in [0.4, 0.5) is 51.6 Å². The van der Waals surface area contributed by atoms with Crippen LogP contribution in [0.15, 0.2) is 28.9 Å². The van der Waals surface area contributed by atoms with Crippen LogP contribution in [0.2, 0.25) is 0 Å². The average molecular weight is 558 g/mol. The number of quaternary nitrogens is 1. The van der Waals surface area contributed by atoms with Crippen molar-refractivity contribution in [2.75, 3.05) is 23.7 Å². The number of urea groups is 1. The summed E-state index contributed by atoms with van der Waals surface area (Å²) in [6.07, 6.45) is -7.78. The Balaban J connectivity index is 0.000000638. The number of carbonyl (C=O) groups excluding carboxylic acids is 2. The van der Waals surface area contributed by atoms with Gasteiger partial charge >= 0.3 is 18.4 Å². The molecule has 2 amide bonds. The molecule has 0 fully saturated rings. The lowest BCUT2D eigenvalue weighted by atomic mass is 10.1. The molecule has 0 spiro atoms. The number of aryl methyl sites for hydroxylation is 1. The maximum atomic E-state index is 13.9. The van der Waals surface area contributed by atoms with Crippen molar-refractivity contribution >= 4 is 34.6 Å². The highest BCUT2D eigenvalue weighted by atomic mass is 19.4. The smallest absolute Gasteiger partial charge is 0.430 e. The van der Waals surface area contributed by atoms with Crippen molar-refractivity contribution in [1.82, 2.24) is 15.3 Å². The number of benzene rings is 1. The van der Waals surface area contributed by atoms with Gasteiger partial charge in [-0.25, -0.2) is 23.5 Å². The molecule has 0 saturated carbocycles. The Kier molecular flexibility index (Phi) is 9.38. The van der Waals surface area contributed by atoms with E-state index in [1.165, 1.54) is 19.3 Å². The van der Waals surface area contributed by atoms with E-state index in [1.807, 2.05) is 0 Å². The van der Waals surface area contributed by atoms with E-state index in [2.05, 4.69) is 26.3 Å². The lowest BCUT2D eigenvalue weighted by Gasteiger charge is -2.20. The third-order valence-electron chi connectivity index (χ3n) is 4.46. The minimum atomic E-state index is -5.19. The number of nitrogens with zero attached hydrogens (tertiary/aromatic N) is 2. The molecule has 18 heteroatoms. The molecular formula is C20H18F8N6O4. The molecule has 6 N–H and O–H groups in total. The van der Waals surface area contributed by atoms with Crippen molar-refractivity contribution in [2.24, 2.45) is 0 Å². The van der Waals surface area contributed by atoms with E-state index >= 15 is 0 Å². The predicted molar refractivity (Wildman–Crippen MR) is 111 cm³/mol. The molecule has 0 aliphatic heterocycles. The van der Waals surface area contributed by atoms with Gasteiger partial charge in [0.15, 0.2) is 17.4 Å². The van der Waals surface area contributed by atoms with Gasteiger partial charge in [-0.05, 0) is 13.0 Å². The number of aromatic nitrogens is 2. The van der Waals surface area contributed by atoms with Crippen LogP contribution < -0.4 is 26.8 Å². The number of anilines is 2. The number of nitrogens with one attached hydrogen (secondary N) is 3. The number of furan rings is 1. The fourth-order valence-corrected chi connectivity index (χ4v) is 2.82. The van der Waals surface area contributed by atoms with E-state index in [1.54, 1.807) is 5.32 Å². The fourth-order valence-electron chi connectivity index (χ4n) is 2.82. The van der Waals surface area contributed by atoms with E-state index < -0.39 is 53.4 Å². The Labute approximate surface area is 207 Å². The minimum absolute atomic E-state index is 0.0352. The van der Waals surface area contributed by atoms with Crippen LogP contribution in [-0.2, 0) is 4.79 Å². The molecule has 0 radical (unpaired) electrons. The third kappa shape index (κ3) is 7.89. The van der Waals surface area contributed by atoms with Crippen LogP contribution in [0.1, 0.15) is 17.4 Å². The number of hydrogen-bond acceptors (Lipinski definition) is 7. The quantitative estimate of drug-likeness (QED) is 0.338. The molecule has 2 aromatic heterocycles. The van der Waals surface area contributed by atoms with E-state index in [4.69, 9.17) is 14.3 Å². The van der Waals surface area contributed by atoms with Gasteiger partial charge in [0.05, 0.1) is 31.2 Å². The Morgan fingerprint density at radius 1 is 1.11 bits per heavy atom. The van der Waals surface area contributed by atoms with Crippen LogP contribution in [0, 0.1) is 18.6 Å². The van der Waals surface area contributed by atoms with Crippen molar-refractivity contribution < 1.29 is 60.0 Å². The van der Waals surface area contributed by atoms with Gasteiger partial charge in [-0.15, -0.1) is 0 Å². The zero-order chi connectivity index (χ0) is 28.8. The van der Waals surface area contributed by atoms with Gasteiger partial charge in [0, 0.05) is 17.0 Å². The standard InChI is InChI=1S/C18H17F5N6O2.C2HF3O2/c1-8-11-4-9(19)5-12(20)14(11)31-13(8)15(18(21,22)23)29-17(30)28-10-6-26-16(27-7-10)25-3-2-24;3-2(4,5)1(6)7/h4-7,15H,2-3,24H2,1H3,(H,25,26,27)(H2,28,29,30);(H,6,7)/t15-;/m1./s1. The van der Waals surface area contributed by atoms with Crippen molar-refractivity contribution in [3.05, 3.63) is 47.5 Å².